The minimum atomic E-state index is -0.529. The number of amides is 1. The molecule has 0 bridgehead atoms. The molecule has 0 saturated carbocycles. The van der Waals surface area contributed by atoms with Crippen molar-refractivity contribution >= 4 is 5.91 Å². The summed E-state index contributed by atoms with van der Waals surface area (Å²) >= 11 is 0. The van der Waals surface area contributed by atoms with Crippen molar-refractivity contribution in [2.45, 2.75) is 0 Å². The molecule has 0 atom stereocenters. The lowest BCUT2D eigenvalue weighted by Crippen LogP contribution is -2.10. The summed E-state index contributed by atoms with van der Waals surface area (Å²) in [5.41, 5.74) is 6.04. The van der Waals surface area contributed by atoms with E-state index in [1.54, 1.807) is 6.20 Å². The Morgan fingerprint density at radius 2 is 2.31 bits per heavy atom. The van der Waals surface area contributed by atoms with Crippen molar-refractivity contribution in [3.63, 3.8) is 0 Å². The van der Waals surface area contributed by atoms with Crippen LogP contribution < -0.4 is 5.73 Å². The number of nitrogens with zero attached hydrogens (tertiary/aromatic N) is 2. The van der Waals surface area contributed by atoms with E-state index in [1.807, 2.05) is 0 Å². The zero-order chi connectivity index (χ0) is 9.26. The molecule has 2 heterocycles. The zero-order valence-electron chi connectivity index (χ0n) is 6.61. The number of carbonyl (C=O) groups excluding carboxylic acids is 1. The summed E-state index contributed by atoms with van der Waals surface area (Å²) in [4.78, 5) is 24.1. The van der Waals surface area contributed by atoms with Crippen molar-refractivity contribution in [3.05, 3.63) is 24.4 Å². The first-order chi connectivity index (χ1) is 6.27. The fourth-order valence-corrected chi connectivity index (χ4v) is 0.969. The minimum absolute atomic E-state index is 0.282. The van der Waals surface area contributed by atoms with Gasteiger partial charge in [0.05, 0.1) is 18.7 Å². The summed E-state index contributed by atoms with van der Waals surface area (Å²) in [6.07, 6.45) is 4.52. The third-order valence-corrected chi connectivity index (χ3v) is 1.59. The number of nitrogens with one attached hydrogen (secondary N) is 2. The molecule has 6 nitrogen and oxygen atoms in total. The Morgan fingerprint density at radius 3 is 2.85 bits per heavy atom. The molecule has 0 aliphatic rings. The lowest BCUT2D eigenvalue weighted by molar-refractivity contribution is 0.0996. The molecule has 0 aliphatic heterocycles. The number of carbonyl (C=O) groups is 1. The van der Waals surface area contributed by atoms with E-state index in [4.69, 9.17) is 5.73 Å². The first-order valence-electron chi connectivity index (χ1n) is 3.61. The highest BCUT2D eigenvalue weighted by Crippen LogP contribution is 2.10. The van der Waals surface area contributed by atoms with Crippen molar-refractivity contribution in [1.82, 2.24) is 19.9 Å². The normalized spacial score (nSPS) is 10.2. The van der Waals surface area contributed by atoms with E-state index in [-0.39, 0.29) is 5.69 Å². The predicted octanol–water partition coefficient (Wildman–Crippen LogP) is -0.101. The van der Waals surface area contributed by atoms with Crippen LogP contribution in [0.4, 0.5) is 0 Å². The van der Waals surface area contributed by atoms with E-state index in [9.17, 15) is 4.79 Å². The van der Waals surface area contributed by atoms with Gasteiger partial charge in [0, 0.05) is 0 Å². The van der Waals surface area contributed by atoms with Crippen molar-refractivity contribution in [3.8, 4) is 11.5 Å². The van der Waals surface area contributed by atoms with Crippen LogP contribution in [-0.4, -0.2) is 25.8 Å². The fourth-order valence-electron chi connectivity index (χ4n) is 0.969. The first-order valence-corrected chi connectivity index (χ1v) is 3.61. The van der Waals surface area contributed by atoms with E-state index in [0.717, 1.165) is 0 Å². The molecule has 0 fully saturated rings. The topological polar surface area (TPSA) is 100 Å². The average molecular weight is 177 g/mol. The molecule has 2 rings (SSSR count). The van der Waals surface area contributed by atoms with Crippen LogP contribution in [0.2, 0.25) is 0 Å². The number of H-pyrrole nitrogens is 2. The molecule has 0 unspecified atom stereocenters. The number of imidazole rings is 2. The van der Waals surface area contributed by atoms with Gasteiger partial charge in [-0.3, -0.25) is 4.79 Å². The highest BCUT2D eigenvalue weighted by Gasteiger charge is 2.07. The minimum Gasteiger partial charge on any atom is -0.364 e. The molecule has 1 amide bonds. The van der Waals surface area contributed by atoms with Crippen molar-refractivity contribution in [2.24, 2.45) is 5.73 Å². The highest BCUT2D eigenvalue weighted by molar-refractivity contribution is 5.91. The van der Waals surface area contributed by atoms with Crippen LogP contribution in [0.25, 0.3) is 11.5 Å². The fraction of sp³-hybridized carbons (Fsp3) is 0. The second-order valence-electron chi connectivity index (χ2n) is 2.48. The molecule has 0 aromatic carbocycles. The smallest absolute Gasteiger partial charge is 0.266 e. The Kier molecular flexibility index (Phi) is 1.59. The van der Waals surface area contributed by atoms with Gasteiger partial charge >= 0.3 is 0 Å². The molecule has 2 aromatic rings. The standard InChI is InChI=1S/C7H7N5O/c8-6(13)4-2-10-7(12-4)5-1-9-3-11-5/h1-3H,(H2,8,13)(H,9,11)(H,10,12). The monoisotopic (exact) mass is 177 g/mol. The van der Waals surface area contributed by atoms with Gasteiger partial charge in [-0.1, -0.05) is 0 Å². The van der Waals surface area contributed by atoms with Crippen LogP contribution in [0.1, 0.15) is 10.5 Å². The number of hydrogen-bond donors (Lipinski definition) is 3. The Bertz CT molecular complexity index is 416. The summed E-state index contributed by atoms with van der Waals surface area (Å²) < 4.78 is 0. The largest absolute Gasteiger partial charge is 0.364 e. The quantitative estimate of drug-likeness (QED) is 0.597. The third kappa shape index (κ3) is 1.28. The van der Waals surface area contributed by atoms with E-state index in [0.29, 0.717) is 11.5 Å². The van der Waals surface area contributed by atoms with Crippen molar-refractivity contribution in [1.29, 1.82) is 0 Å². The number of nitrogens with two attached hydrogens (primary N) is 1. The van der Waals surface area contributed by atoms with E-state index in [2.05, 4.69) is 19.9 Å². The van der Waals surface area contributed by atoms with Gasteiger partial charge in [-0.25, -0.2) is 9.97 Å². The number of hydrogen-bond acceptors (Lipinski definition) is 3. The Morgan fingerprint density at radius 1 is 1.46 bits per heavy atom. The van der Waals surface area contributed by atoms with Crippen LogP contribution >= 0.6 is 0 Å². The zero-order valence-corrected chi connectivity index (χ0v) is 6.61. The lowest BCUT2D eigenvalue weighted by atomic mass is 10.4. The van der Waals surface area contributed by atoms with Gasteiger partial charge in [0.15, 0.2) is 5.82 Å². The summed E-state index contributed by atoms with van der Waals surface area (Å²) in [6.45, 7) is 0. The maximum atomic E-state index is 10.7. The molecule has 2 aromatic heterocycles. The second-order valence-corrected chi connectivity index (χ2v) is 2.48. The van der Waals surface area contributed by atoms with Gasteiger partial charge in [0.25, 0.3) is 5.91 Å². The predicted molar refractivity (Wildman–Crippen MR) is 44.7 cm³/mol. The van der Waals surface area contributed by atoms with Crippen LogP contribution in [0.3, 0.4) is 0 Å². The number of rotatable bonds is 2. The molecule has 4 N–H and O–H groups in total. The van der Waals surface area contributed by atoms with Crippen LogP contribution in [0.15, 0.2) is 18.7 Å². The molecule has 0 saturated heterocycles. The maximum absolute atomic E-state index is 10.7. The maximum Gasteiger partial charge on any atom is 0.266 e. The molecule has 66 valence electrons. The van der Waals surface area contributed by atoms with Gasteiger partial charge in [0.2, 0.25) is 0 Å². The lowest BCUT2D eigenvalue weighted by Gasteiger charge is -1.88. The molecule has 6 heteroatoms. The summed E-state index contributed by atoms with van der Waals surface area (Å²) in [7, 11) is 0. The molecule has 13 heavy (non-hydrogen) atoms. The number of primary amides is 1. The van der Waals surface area contributed by atoms with E-state index < -0.39 is 5.91 Å². The van der Waals surface area contributed by atoms with Gasteiger partial charge in [-0.2, -0.15) is 0 Å². The summed E-state index contributed by atoms with van der Waals surface area (Å²) in [6, 6.07) is 0. The summed E-state index contributed by atoms with van der Waals surface area (Å²) in [5, 5.41) is 0. The van der Waals surface area contributed by atoms with Crippen molar-refractivity contribution in [2.75, 3.05) is 0 Å². The first kappa shape index (κ1) is 7.53. The molecule has 0 aliphatic carbocycles. The average Bonchev–Trinajstić information content (AvgIpc) is 2.75. The van der Waals surface area contributed by atoms with Gasteiger partial charge < -0.3 is 15.7 Å². The van der Waals surface area contributed by atoms with Crippen LogP contribution in [0.5, 0.6) is 0 Å². The van der Waals surface area contributed by atoms with Gasteiger partial charge in [-0.15, -0.1) is 0 Å². The van der Waals surface area contributed by atoms with Gasteiger partial charge in [-0.05, 0) is 0 Å². The second kappa shape index (κ2) is 2.74. The Hall–Kier alpha value is -2.11. The third-order valence-electron chi connectivity index (χ3n) is 1.59. The Balaban J connectivity index is 2.39. The molecule has 0 spiro atoms. The molecular formula is C7H7N5O. The molecular weight excluding hydrogens is 170 g/mol. The SMILES string of the molecule is NC(=O)c1cnc(-c2cnc[nH]2)[nH]1. The number of aromatic nitrogens is 4. The van der Waals surface area contributed by atoms with E-state index >= 15 is 0 Å². The Labute approximate surface area is 73.2 Å². The van der Waals surface area contributed by atoms with Crippen molar-refractivity contribution < 1.29 is 4.79 Å². The molecule has 0 radical (unpaired) electrons. The number of aromatic amines is 2. The van der Waals surface area contributed by atoms with Crippen LogP contribution in [-0.2, 0) is 0 Å². The summed E-state index contributed by atoms with van der Waals surface area (Å²) in [5.74, 6) is 0.0181. The van der Waals surface area contributed by atoms with Crippen LogP contribution in [0, 0.1) is 0 Å². The van der Waals surface area contributed by atoms with E-state index in [1.165, 1.54) is 12.5 Å². The van der Waals surface area contributed by atoms with Gasteiger partial charge in [0.1, 0.15) is 11.4 Å². The highest BCUT2D eigenvalue weighted by atomic mass is 16.1.